The summed E-state index contributed by atoms with van der Waals surface area (Å²) in [6.07, 6.45) is 36.4. The first-order valence-corrected chi connectivity index (χ1v) is 25.6. The van der Waals surface area contributed by atoms with E-state index in [1.165, 1.54) is 19.3 Å². The molecular formula is C51H83O14P. The number of ether oxygens (including phenoxy) is 2. The smallest absolute Gasteiger partial charge is 0.462 e. The lowest BCUT2D eigenvalue weighted by Gasteiger charge is -2.41. The van der Waals surface area contributed by atoms with Gasteiger partial charge in [0.1, 0.15) is 43.2 Å². The summed E-state index contributed by atoms with van der Waals surface area (Å²) in [6, 6.07) is 0. The molecule has 14 nitrogen and oxygen atoms in total. The molecule has 376 valence electrons. The second-order valence-corrected chi connectivity index (χ2v) is 17.9. The molecule has 0 aliphatic heterocycles. The van der Waals surface area contributed by atoms with E-state index in [0.717, 1.165) is 77.0 Å². The number of hydrogen-bond acceptors (Lipinski definition) is 13. The Morgan fingerprint density at radius 1 is 0.545 bits per heavy atom. The normalized spacial score (nSPS) is 22.6. The fraction of sp³-hybridized carbons (Fsp3) is 0.647. The van der Waals surface area contributed by atoms with E-state index in [1.54, 1.807) is 6.08 Å². The Bertz CT molecular complexity index is 1540. The first kappa shape index (κ1) is 60.7. The van der Waals surface area contributed by atoms with Crippen LogP contribution in [-0.2, 0) is 32.7 Å². The number of esters is 2. The first-order chi connectivity index (χ1) is 31.8. The highest BCUT2D eigenvalue weighted by Crippen LogP contribution is 2.47. The van der Waals surface area contributed by atoms with Crippen molar-refractivity contribution in [1.82, 2.24) is 0 Å². The number of carbonyl (C=O) groups excluding carboxylic acids is 2. The zero-order valence-electron chi connectivity index (χ0n) is 39.6. The van der Waals surface area contributed by atoms with Crippen LogP contribution in [0.3, 0.4) is 0 Å². The lowest BCUT2D eigenvalue weighted by Crippen LogP contribution is -2.64. The number of aliphatic hydroxyl groups excluding tert-OH is 6. The third-order valence-corrected chi connectivity index (χ3v) is 11.5. The zero-order chi connectivity index (χ0) is 48.7. The molecule has 0 saturated heterocycles. The standard InChI is InChI=1S/C51H83O14P/c1-3-5-7-8-9-10-11-12-13-14-15-16-17-18-21-24-27-30-34-38-44(53)62-40-43(41-63-66(60,61)65-51-49(58)47(56)46(55)48(57)50(51)59)64-45(54)39-35-31-28-25-22-19-20-23-26-29-33-37-42(52)36-32-6-4-2/h9-10,12-13,15-16,18-21,25-26,28-29,33,37,42-43,46-52,55-59H,3-8,11,14,17,22-24,27,30-32,34-36,38-41H2,1-2H3,(H,60,61)/b10-9-,13-12-,16-15-,20-19-,21-18-,28-25-,29-26-,37-33+/t42-,43+,46?,47-,48+,49+,50+,51?/m0/s1. The van der Waals surface area contributed by atoms with Crippen molar-refractivity contribution in [2.75, 3.05) is 13.2 Å². The van der Waals surface area contributed by atoms with Crippen LogP contribution in [-0.4, -0.2) is 110 Å². The van der Waals surface area contributed by atoms with Crippen LogP contribution in [0.15, 0.2) is 97.2 Å². The molecule has 1 aliphatic rings. The number of phosphoric acid groups is 1. The van der Waals surface area contributed by atoms with Gasteiger partial charge >= 0.3 is 19.8 Å². The third kappa shape index (κ3) is 31.7. The molecule has 0 aromatic carbocycles. The van der Waals surface area contributed by atoms with E-state index in [9.17, 15) is 49.7 Å². The Kier molecular flexibility index (Phi) is 36.5. The van der Waals surface area contributed by atoms with Crippen LogP contribution in [0.25, 0.3) is 0 Å². The fourth-order valence-electron chi connectivity index (χ4n) is 6.55. The maximum atomic E-state index is 12.8. The Morgan fingerprint density at radius 2 is 1.02 bits per heavy atom. The molecule has 1 fully saturated rings. The Labute approximate surface area is 394 Å². The largest absolute Gasteiger partial charge is 0.472 e. The van der Waals surface area contributed by atoms with Crippen molar-refractivity contribution >= 4 is 19.8 Å². The monoisotopic (exact) mass is 951 g/mol. The number of phosphoric ester groups is 1. The minimum absolute atomic E-state index is 0.0124. The van der Waals surface area contributed by atoms with E-state index >= 15 is 0 Å². The SMILES string of the molecule is CCCCC/C=C\C/C=C\C/C=C\C/C=C\CCCCCC(=O)OC[C@H](COP(=O)(O)OC1[C@H](O)[C@H](O)C(O)[C@H](O)[C@H]1O)OC(=O)CCC/C=C\C/C=C\C/C=C\C=C\[C@@H](O)CCCCC. The van der Waals surface area contributed by atoms with E-state index in [-0.39, 0.29) is 12.8 Å². The van der Waals surface area contributed by atoms with Gasteiger partial charge in [-0.05, 0) is 83.5 Å². The van der Waals surface area contributed by atoms with E-state index in [0.29, 0.717) is 25.7 Å². The second kappa shape index (κ2) is 39.7. The maximum Gasteiger partial charge on any atom is 0.472 e. The highest BCUT2D eigenvalue weighted by atomic mass is 31.2. The molecule has 0 bridgehead atoms. The molecule has 0 aromatic heterocycles. The van der Waals surface area contributed by atoms with Gasteiger partial charge in [0.2, 0.25) is 0 Å². The van der Waals surface area contributed by atoms with Gasteiger partial charge in [-0.15, -0.1) is 0 Å². The number of carbonyl (C=O) groups is 2. The van der Waals surface area contributed by atoms with Crippen molar-refractivity contribution in [2.24, 2.45) is 0 Å². The minimum atomic E-state index is -5.16. The molecule has 0 amide bonds. The van der Waals surface area contributed by atoms with Gasteiger partial charge in [-0.2, -0.15) is 0 Å². The van der Waals surface area contributed by atoms with Crippen LogP contribution in [0, 0.1) is 0 Å². The summed E-state index contributed by atoms with van der Waals surface area (Å²) in [5.74, 6) is -1.24. The van der Waals surface area contributed by atoms with Crippen molar-refractivity contribution in [3.05, 3.63) is 97.2 Å². The predicted molar refractivity (Wildman–Crippen MR) is 259 cm³/mol. The van der Waals surface area contributed by atoms with E-state index in [1.807, 2.05) is 42.5 Å². The van der Waals surface area contributed by atoms with E-state index in [4.69, 9.17) is 18.5 Å². The van der Waals surface area contributed by atoms with Crippen LogP contribution in [0.5, 0.6) is 0 Å². The van der Waals surface area contributed by atoms with Gasteiger partial charge in [0.05, 0.1) is 12.7 Å². The second-order valence-electron chi connectivity index (χ2n) is 16.5. The number of hydrogen-bond donors (Lipinski definition) is 7. The number of allylic oxidation sites excluding steroid dienone is 15. The van der Waals surface area contributed by atoms with Gasteiger partial charge in [0, 0.05) is 12.8 Å². The summed E-state index contributed by atoms with van der Waals surface area (Å²) in [5.41, 5.74) is 0. The summed E-state index contributed by atoms with van der Waals surface area (Å²) in [5, 5.41) is 60.1. The molecule has 7 N–H and O–H groups in total. The number of unbranched alkanes of at least 4 members (excludes halogenated alkanes) is 9. The molecule has 1 rings (SSSR count). The van der Waals surface area contributed by atoms with E-state index < -0.39 is 81.8 Å². The average molecular weight is 951 g/mol. The van der Waals surface area contributed by atoms with Gasteiger partial charge in [0.25, 0.3) is 0 Å². The quantitative estimate of drug-likeness (QED) is 0.0101. The average Bonchev–Trinajstić information content (AvgIpc) is 3.29. The van der Waals surface area contributed by atoms with Crippen LogP contribution in [0.2, 0.25) is 0 Å². The molecule has 15 heteroatoms. The van der Waals surface area contributed by atoms with Crippen molar-refractivity contribution in [1.29, 1.82) is 0 Å². The lowest BCUT2D eigenvalue weighted by molar-refractivity contribution is -0.220. The predicted octanol–water partition coefficient (Wildman–Crippen LogP) is 8.80. The third-order valence-electron chi connectivity index (χ3n) is 10.5. The Hall–Kier alpha value is -3.27. The lowest BCUT2D eigenvalue weighted by atomic mass is 9.85. The molecule has 1 aliphatic carbocycles. The van der Waals surface area contributed by atoms with Crippen LogP contribution in [0.4, 0.5) is 0 Å². The summed E-state index contributed by atoms with van der Waals surface area (Å²) in [4.78, 5) is 35.7. The molecule has 3 unspecified atom stereocenters. The van der Waals surface area contributed by atoms with Gasteiger partial charge in [-0.3, -0.25) is 18.6 Å². The fourth-order valence-corrected chi connectivity index (χ4v) is 7.52. The maximum absolute atomic E-state index is 12.8. The van der Waals surface area contributed by atoms with Crippen molar-refractivity contribution in [3.8, 4) is 0 Å². The van der Waals surface area contributed by atoms with Crippen molar-refractivity contribution in [2.45, 2.75) is 198 Å². The molecule has 1 saturated carbocycles. The van der Waals surface area contributed by atoms with E-state index in [2.05, 4.69) is 62.5 Å². The summed E-state index contributed by atoms with van der Waals surface area (Å²) < 4.78 is 33.4. The van der Waals surface area contributed by atoms with Crippen LogP contribution >= 0.6 is 7.82 Å². The Morgan fingerprint density at radius 3 is 1.58 bits per heavy atom. The molecule has 0 spiro atoms. The minimum Gasteiger partial charge on any atom is -0.462 e. The molecule has 9 atom stereocenters. The van der Waals surface area contributed by atoms with Crippen LogP contribution < -0.4 is 0 Å². The van der Waals surface area contributed by atoms with Crippen molar-refractivity contribution < 1.29 is 68.2 Å². The number of aliphatic hydroxyl groups is 6. The highest BCUT2D eigenvalue weighted by Gasteiger charge is 2.51. The van der Waals surface area contributed by atoms with Gasteiger partial charge in [-0.1, -0.05) is 150 Å². The molecule has 0 radical (unpaired) electrons. The molecule has 0 heterocycles. The Balaban J connectivity index is 2.54. The van der Waals surface area contributed by atoms with Gasteiger partial charge < -0.3 is 45.0 Å². The summed E-state index contributed by atoms with van der Waals surface area (Å²) in [7, 11) is -5.16. The molecule has 66 heavy (non-hydrogen) atoms. The molecular weight excluding hydrogens is 868 g/mol. The van der Waals surface area contributed by atoms with Crippen molar-refractivity contribution in [3.63, 3.8) is 0 Å². The first-order valence-electron chi connectivity index (χ1n) is 24.1. The summed E-state index contributed by atoms with van der Waals surface area (Å²) >= 11 is 0. The summed E-state index contributed by atoms with van der Waals surface area (Å²) in [6.45, 7) is 3.06. The highest BCUT2D eigenvalue weighted by molar-refractivity contribution is 7.47. The molecule has 0 aromatic rings. The topological polar surface area (TPSA) is 230 Å². The van der Waals surface area contributed by atoms with Crippen LogP contribution in [0.1, 0.15) is 149 Å². The zero-order valence-corrected chi connectivity index (χ0v) is 40.4. The number of rotatable bonds is 38. The van der Waals surface area contributed by atoms with Gasteiger partial charge in [0.15, 0.2) is 6.10 Å². The van der Waals surface area contributed by atoms with Gasteiger partial charge in [-0.25, -0.2) is 4.57 Å².